The van der Waals surface area contributed by atoms with Crippen LogP contribution in [0.2, 0.25) is 0 Å². The zero-order valence-corrected chi connectivity index (χ0v) is 28.9. The van der Waals surface area contributed by atoms with Gasteiger partial charge in [0.2, 0.25) is 0 Å². The van der Waals surface area contributed by atoms with Crippen molar-refractivity contribution in [1.29, 1.82) is 0 Å². The Labute approximate surface area is 290 Å². The minimum atomic E-state index is -4.59. The Kier molecular flexibility index (Phi) is 7.24. The Bertz CT molecular complexity index is 1840. The Hall–Kier alpha value is -3.79. The number of aliphatic hydroxyl groups excluding tert-OH is 1. The molecule has 3 spiro atoms. The van der Waals surface area contributed by atoms with Gasteiger partial charge in [-0.2, -0.15) is 13.2 Å². The Morgan fingerprint density at radius 2 is 1.72 bits per heavy atom. The number of nitrogens with zero attached hydrogens (tertiary/aromatic N) is 1. The fraction of sp³-hybridized carbons (Fsp3) is 0.550. The number of rotatable bonds is 6. The van der Waals surface area contributed by atoms with Gasteiger partial charge in [0.25, 0.3) is 0 Å². The molecular formula is C40H44F3NO6. The maximum Gasteiger partial charge on any atom is 0.416 e. The third-order valence-electron chi connectivity index (χ3n) is 14.2. The van der Waals surface area contributed by atoms with E-state index in [0.717, 1.165) is 37.0 Å². The Morgan fingerprint density at radius 3 is 2.46 bits per heavy atom. The number of hydrogen-bond donors (Lipinski definition) is 1. The fourth-order valence-electron chi connectivity index (χ4n) is 11.7. The summed E-state index contributed by atoms with van der Waals surface area (Å²) < 4.78 is 59.0. The molecule has 266 valence electrons. The lowest BCUT2D eigenvalue weighted by molar-refractivity contribution is -0.164. The second kappa shape index (κ2) is 10.9. The molecule has 2 aromatic rings. The molecular weight excluding hydrogens is 647 g/mol. The smallest absolute Gasteiger partial charge is 0.416 e. The maximum absolute atomic E-state index is 14.7. The number of halogens is 3. The normalized spacial score (nSPS) is 38.3. The van der Waals surface area contributed by atoms with Crippen molar-refractivity contribution in [2.45, 2.75) is 83.2 Å². The van der Waals surface area contributed by atoms with Gasteiger partial charge in [0.15, 0.2) is 5.78 Å². The number of allylic oxidation sites excluding steroid dienone is 4. The van der Waals surface area contributed by atoms with Crippen LogP contribution in [-0.2, 0) is 17.5 Å². The first-order valence-electron chi connectivity index (χ1n) is 17.7. The van der Waals surface area contributed by atoms with Gasteiger partial charge in [-0.15, -0.1) is 0 Å². The lowest BCUT2D eigenvalue weighted by Crippen LogP contribution is -2.67. The van der Waals surface area contributed by atoms with Crippen LogP contribution in [0.1, 0.15) is 80.3 Å². The summed E-state index contributed by atoms with van der Waals surface area (Å²) in [6.07, 6.45) is 5.70. The van der Waals surface area contributed by atoms with E-state index < -0.39 is 51.6 Å². The first-order chi connectivity index (χ1) is 23.7. The highest BCUT2D eigenvalue weighted by Crippen LogP contribution is 2.79. The number of ether oxygens (including phenoxy) is 3. The molecule has 50 heavy (non-hydrogen) atoms. The van der Waals surface area contributed by atoms with Crippen LogP contribution in [0.25, 0.3) is 0 Å². The molecule has 4 fully saturated rings. The monoisotopic (exact) mass is 691 g/mol. The van der Waals surface area contributed by atoms with Gasteiger partial charge in [-0.05, 0) is 86.5 Å². The van der Waals surface area contributed by atoms with Crippen LogP contribution in [0.4, 0.5) is 18.0 Å². The highest BCUT2D eigenvalue weighted by atomic mass is 19.4. The molecule has 1 N–H and O–H groups in total. The third-order valence-corrected chi connectivity index (χ3v) is 14.2. The number of carbonyl (C=O) groups is 2. The minimum absolute atomic E-state index is 0.0153. The van der Waals surface area contributed by atoms with E-state index in [1.165, 1.54) is 12.1 Å². The van der Waals surface area contributed by atoms with Gasteiger partial charge in [-0.1, -0.05) is 44.2 Å². The van der Waals surface area contributed by atoms with Gasteiger partial charge < -0.3 is 19.3 Å². The summed E-state index contributed by atoms with van der Waals surface area (Å²) in [4.78, 5) is 30.2. The topological polar surface area (TPSA) is 85.3 Å². The number of hydrogen-bond acceptors (Lipinski definition) is 6. The average molecular weight is 692 g/mol. The van der Waals surface area contributed by atoms with E-state index in [1.807, 2.05) is 18.2 Å². The third kappa shape index (κ3) is 4.32. The molecule has 7 aliphatic rings. The summed E-state index contributed by atoms with van der Waals surface area (Å²) in [6.45, 7) is 5.16. The Morgan fingerprint density at radius 1 is 0.980 bits per heavy atom. The van der Waals surface area contributed by atoms with Crippen LogP contribution in [0.15, 0.2) is 66.3 Å². The number of fused-ring (bicyclic) bond motifs is 2. The largest absolute Gasteiger partial charge is 0.497 e. The van der Waals surface area contributed by atoms with E-state index in [1.54, 1.807) is 25.2 Å². The number of aliphatic hydroxyl groups is 1. The molecule has 1 amide bonds. The van der Waals surface area contributed by atoms with Crippen molar-refractivity contribution < 1.29 is 42.1 Å². The first kappa shape index (κ1) is 33.4. The van der Waals surface area contributed by atoms with Gasteiger partial charge >= 0.3 is 12.3 Å². The second-order valence-corrected chi connectivity index (χ2v) is 16.1. The van der Waals surface area contributed by atoms with Crippen molar-refractivity contribution in [2.24, 2.45) is 33.5 Å². The molecule has 3 saturated carbocycles. The van der Waals surface area contributed by atoms with Crippen LogP contribution in [0.5, 0.6) is 11.5 Å². The first-order valence-corrected chi connectivity index (χ1v) is 17.7. The van der Waals surface area contributed by atoms with Crippen molar-refractivity contribution in [3.8, 4) is 11.5 Å². The van der Waals surface area contributed by atoms with Gasteiger partial charge in [0.1, 0.15) is 17.1 Å². The Balaban J connectivity index is 1.20. The van der Waals surface area contributed by atoms with E-state index in [0.29, 0.717) is 55.8 Å². The molecule has 0 radical (unpaired) electrons. The predicted octanol–water partition coefficient (Wildman–Crippen LogP) is 8.16. The van der Waals surface area contributed by atoms with Crippen LogP contribution in [0.3, 0.4) is 0 Å². The summed E-state index contributed by atoms with van der Waals surface area (Å²) in [5.74, 6) is 0.798. The van der Waals surface area contributed by atoms with Crippen molar-refractivity contribution in [3.63, 3.8) is 0 Å². The van der Waals surface area contributed by atoms with E-state index in [4.69, 9.17) is 14.2 Å². The molecule has 0 unspecified atom stereocenters. The highest BCUT2D eigenvalue weighted by Gasteiger charge is 2.76. The number of methoxy groups -OCH3 is 2. The summed E-state index contributed by atoms with van der Waals surface area (Å²) in [5.41, 5.74) is -2.40. The highest BCUT2D eigenvalue weighted by molar-refractivity contribution is 6.10. The fourth-order valence-corrected chi connectivity index (χ4v) is 11.7. The molecule has 7 nitrogen and oxygen atoms in total. The van der Waals surface area contributed by atoms with Crippen molar-refractivity contribution in [2.75, 3.05) is 20.8 Å². The van der Waals surface area contributed by atoms with E-state index in [2.05, 4.69) is 26.0 Å². The van der Waals surface area contributed by atoms with E-state index >= 15 is 0 Å². The summed E-state index contributed by atoms with van der Waals surface area (Å²) in [5, 5.41) is 10.9. The van der Waals surface area contributed by atoms with Crippen molar-refractivity contribution in [1.82, 2.24) is 4.90 Å². The van der Waals surface area contributed by atoms with Gasteiger partial charge in [-0.3, -0.25) is 9.69 Å². The molecule has 9 rings (SSSR count). The van der Waals surface area contributed by atoms with Crippen molar-refractivity contribution >= 4 is 11.9 Å². The zero-order valence-electron chi connectivity index (χ0n) is 28.9. The molecule has 1 saturated heterocycles. The quantitative estimate of drug-likeness (QED) is 0.243. The number of carbonyl (C=O) groups excluding carboxylic acids is 2. The lowest BCUT2D eigenvalue weighted by atomic mass is 9.32. The number of benzene rings is 2. The molecule has 10 heteroatoms. The number of amides is 1. The summed E-state index contributed by atoms with van der Waals surface area (Å²) in [6, 6.07) is 10.3. The molecule has 8 atom stereocenters. The lowest BCUT2D eigenvalue weighted by Gasteiger charge is -2.71. The molecule has 1 aliphatic heterocycles. The molecule has 2 bridgehead atoms. The van der Waals surface area contributed by atoms with Gasteiger partial charge in [0.05, 0.1) is 39.0 Å². The van der Waals surface area contributed by atoms with E-state index in [-0.39, 0.29) is 22.8 Å². The summed E-state index contributed by atoms with van der Waals surface area (Å²) in [7, 11) is 3.17. The number of alkyl halides is 3. The van der Waals surface area contributed by atoms with Crippen molar-refractivity contribution in [3.05, 3.63) is 83.0 Å². The van der Waals surface area contributed by atoms with Crippen LogP contribution >= 0.6 is 0 Å². The molecule has 1 heterocycles. The summed E-state index contributed by atoms with van der Waals surface area (Å²) >= 11 is 0. The molecule has 2 aromatic carbocycles. The number of Topliss-reactive ketones (excluding diaryl/α,β-unsaturated/α-hetero) is 1. The number of ketones is 1. The standard InChI is InChI=1S/C40H44F3NO6/c1-35-13-10-27(45)20-37(35)16-17-39(29(21-37)33(46)24-6-5-7-26(18-24)40(41,42)43)31(35)11-14-36(2)32(39)12-15-38(36)23-44(34(47)50-38)22-25-8-9-28(48-3)19-30(25)49-4/h5-9,16-19,21,27,31-32,45H,10-15,20,22-23H2,1-4H3/t27-,31+,32+,35+,36-,37-,38+,39+/m0/s1. The van der Waals surface area contributed by atoms with Crippen LogP contribution in [0, 0.1) is 33.5 Å². The predicted molar refractivity (Wildman–Crippen MR) is 179 cm³/mol. The van der Waals surface area contributed by atoms with E-state index in [9.17, 15) is 27.9 Å². The molecule has 0 aromatic heterocycles. The zero-order chi connectivity index (χ0) is 35.5. The van der Waals surface area contributed by atoms with Gasteiger partial charge in [-0.25, -0.2) is 4.79 Å². The molecule has 6 aliphatic carbocycles. The van der Waals surface area contributed by atoms with Crippen LogP contribution in [-0.4, -0.2) is 54.4 Å². The second-order valence-electron chi connectivity index (χ2n) is 16.1. The SMILES string of the molecule is COc1ccc(CN2C[C@@]3(CC[C@H]4[C@]56C=C[C@@]7(C=C5C(=O)c5cccc(C(F)(F)F)c5)C[C@@H](O)CC[C@]7(C)[C@H]6CC[C@@]43C)OC2=O)c(OC)c1. The van der Waals surface area contributed by atoms with Gasteiger partial charge in [0, 0.05) is 39.0 Å². The maximum atomic E-state index is 14.7. The minimum Gasteiger partial charge on any atom is -0.497 e. The van der Waals surface area contributed by atoms with Crippen LogP contribution < -0.4 is 9.47 Å². The average Bonchev–Trinajstić information content (AvgIpc) is 3.57.